The van der Waals surface area contributed by atoms with Gasteiger partial charge in [0.25, 0.3) is 5.91 Å². The van der Waals surface area contributed by atoms with Gasteiger partial charge in [-0.05, 0) is 39.7 Å². The van der Waals surface area contributed by atoms with Gasteiger partial charge in [-0.2, -0.15) is 0 Å². The summed E-state index contributed by atoms with van der Waals surface area (Å²) in [5.74, 6) is 0.684. The fraction of sp³-hybridized carbons (Fsp3) is 0.500. The van der Waals surface area contributed by atoms with Crippen molar-refractivity contribution in [3.05, 3.63) is 33.0 Å². The van der Waals surface area contributed by atoms with Gasteiger partial charge in [-0.3, -0.25) is 4.79 Å². The second-order valence-corrected chi connectivity index (χ2v) is 7.03. The lowest BCUT2D eigenvalue weighted by atomic mass is 10.3. The first kappa shape index (κ1) is 15.9. The maximum atomic E-state index is 12.3. The molecule has 1 amide bonds. The molecular weight excluding hydrogens is 310 g/mol. The zero-order valence-corrected chi connectivity index (χ0v) is 14.5. The van der Waals surface area contributed by atoms with Crippen molar-refractivity contribution >= 4 is 23.2 Å². The highest BCUT2D eigenvalue weighted by Crippen LogP contribution is 2.18. The highest BCUT2D eigenvalue weighted by molar-refractivity contribution is 7.13. The Morgan fingerprint density at radius 2 is 1.96 bits per heavy atom. The number of aromatic nitrogens is 3. The van der Waals surface area contributed by atoms with Gasteiger partial charge in [0.15, 0.2) is 0 Å². The van der Waals surface area contributed by atoms with Gasteiger partial charge in [0.1, 0.15) is 4.88 Å². The minimum atomic E-state index is -0.0907. The summed E-state index contributed by atoms with van der Waals surface area (Å²) in [5, 5.41) is 3.84. The van der Waals surface area contributed by atoms with Crippen LogP contribution in [0.25, 0.3) is 0 Å². The molecule has 0 radical (unpaired) electrons. The second-order valence-electron chi connectivity index (χ2n) is 5.82. The molecule has 3 rings (SSSR count). The lowest BCUT2D eigenvalue weighted by molar-refractivity contribution is 0.0953. The standard InChI is InChI=1S/C16H21N5OS/c1-10-8-13(20-16(18-10)21-6-4-5-7-21)9-17-15(22)14-11(2)19-12(3)23-14/h8H,4-7,9H2,1-3H3,(H,17,22). The van der Waals surface area contributed by atoms with E-state index in [1.807, 2.05) is 26.8 Å². The van der Waals surface area contributed by atoms with Gasteiger partial charge < -0.3 is 10.2 Å². The van der Waals surface area contributed by atoms with E-state index in [2.05, 4.69) is 25.2 Å². The third kappa shape index (κ3) is 3.67. The number of hydrogen-bond acceptors (Lipinski definition) is 6. The van der Waals surface area contributed by atoms with Crippen LogP contribution < -0.4 is 10.2 Å². The van der Waals surface area contributed by atoms with Crippen LogP contribution in [0.1, 0.15) is 44.6 Å². The van der Waals surface area contributed by atoms with Crippen molar-refractivity contribution in [2.75, 3.05) is 18.0 Å². The molecule has 1 saturated heterocycles. The normalized spacial score (nSPS) is 14.3. The molecule has 1 fully saturated rings. The minimum Gasteiger partial charge on any atom is -0.346 e. The van der Waals surface area contributed by atoms with E-state index in [1.54, 1.807) is 0 Å². The van der Waals surface area contributed by atoms with Gasteiger partial charge in [-0.25, -0.2) is 15.0 Å². The summed E-state index contributed by atoms with van der Waals surface area (Å²) in [7, 11) is 0. The smallest absolute Gasteiger partial charge is 0.263 e. The van der Waals surface area contributed by atoms with Crippen molar-refractivity contribution in [3.8, 4) is 0 Å². The Labute approximate surface area is 140 Å². The number of nitrogens with zero attached hydrogens (tertiary/aromatic N) is 4. The Morgan fingerprint density at radius 1 is 1.22 bits per heavy atom. The van der Waals surface area contributed by atoms with Crippen LogP contribution in [-0.2, 0) is 6.54 Å². The molecule has 7 heteroatoms. The molecule has 2 aromatic rings. The van der Waals surface area contributed by atoms with Crippen LogP contribution >= 0.6 is 11.3 Å². The Bertz CT molecular complexity index is 721. The molecule has 122 valence electrons. The third-order valence-electron chi connectivity index (χ3n) is 3.82. The van der Waals surface area contributed by atoms with Crippen molar-refractivity contribution in [1.82, 2.24) is 20.3 Å². The molecule has 0 unspecified atom stereocenters. The van der Waals surface area contributed by atoms with E-state index in [1.165, 1.54) is 24.2 Å². The van der Waals surface area contributed by atoms with Crippen LogP contribution in [0.2, 0.25) is 0 Å². The first-order valence-electron chi connectivity index (χ1n) is 7.84. The van der Waals surface area contributed by atoms with Crippen LogP contribution in [0.5, 0.6) is 0 Å². The molecule has 0 aromatic carbocycles. The van der Waals surface area contributed by atoms with Crippen molar-refractivity contribution in [3.63, 3.8) is 0 Å². The molecule has 0 aliphatic carbocycles. The molecule has 0 atom stereocenters. The van der Waals surface area contributed by atoms with Crippen LogP contribution in [0, 0.1) is 20.8 Å². The van der Waals surface area contributed by atoms with E-state index < -0.39 is 0 Å². The van der Waals surface area contributed by atoms with Crippen LogP contribution in [0.3, 0.4) is 0 Å². The zero-order valence-electron chi connectivity index (χ0n) is 13.7. The fourth-order valence-electron chi connectivity index (χ4n) is 2.76. The molecule has 1 aliphatic rings. The van der Waals surface area contributed by atoms with E-state index >= 15 is 0 Å². The van der Waals surface area contributed by atoms with E-state index in [4.69, 9.17) is 0 Å². The summed E-state index contributed by atoms with van der Waals surface area (Å²) in [6.45, 7) is 8.15. The summed E-state index contributed by atoms with van der Waals surface area (Å²) in [4.78, 5) is 28.6. The first-order valence-corrected chi connectivity index (χ1v) is 8.66. The first-order chi connectivity index (χ1) is 11.0. The summed E-state index contributed by atoms with van der Waals surface area (Å²) >= 11 is 1.42. The lowest BCUT2D eigenvalue weighted by Crippen LogP contribution is -2.25. The largest absolute Gasteiger partial charge is 0.346 e. The number of nitrogens with one attached hydrogen (secondary N) is 1. The predicted octanol–water partition coefficient (Wildman–Crippen LogP) is 2.39. The van der Waals surface area contributed by atoms with E-state index in [9.17, 15) is 4.79 Å². The van der Waals surface area contributed by atoms with E-state index in [0.29, 0.717) is 11.4 Å². The average Bonchev–Trinajstić information content (AvgIpc) is 3.14. The summed E-state index contributed by atoms with van der Waals surface area (Å²) < 4.78 is 0. The predicted molar refractivity (Wildman–Crippen MR) is 91.0 cm³/mol. The van der Waals surface area contributed by atoms with Crippen molar-refractivity contribution < 1.29 is 4.79 Å². The van der Waals surface area contributed by atoms with Gasteiger partial charge in [0.05, 0.1) is 22.9 Å². The zero-order chi connectivity index (χ0) is 16.4. The van der Waals surface area contributed by atoms with Crippen molar-refractivity contribution in [1.29, 1.82) is 0 Å². The van der Waals surface area contributed by atoms with Gasteiger partial charge in [-0.1, -0.05) is 0 Å². The minimum absolute atomic E-state index is 0.0907. The fourth-order valence-corrected chi connectivity index (χ4v) is 3.60. The van der Waals surface area contributed by atoms with E-state index in [-0.39, 0.29) is 5.91 Å². The number of anilines is 1. The number of carbonyl (C=O) groups excluding carboxylic acids is 1. The number of rotatable bonds is 4. The third-order valence-corrected chi connectivity index (χ3v) is 4.90. The van der Waals surface area contributed by atoms with E-state index in [0.717, 1.165) is 41.1 Å². The van der Waals surface area contributed by atoms with Gasteiger partial charge in [-0.15, -0.1) is 11.3 Å². The summed E-state index contributed by atoms with van der Waals surface area (Å²) in [5.41, 5.74) is 2.55. The Morgan fingerprint density at radius 3 is 2.61 bits per heavy atom. The Hall–Kier alpha value is -2.02. The molecular formula is C16H21N5OS. The van der Waals surface area contributed by atoms with Crippen LogP contribution in [0.15, 0.2) is 6.07 Å². The quantitative estimate of drug-likeness (QED) is 0.931. The Kier molecular flexibility index (Phi) is 4.56. The number of carbonyl (C=O) groups is 1. The topological polar surface area (TPSA) is 71.0 Å². The van der Waals surface area contributed by atoms with Gasteiger partial charge in [0, 0.05) is 18.8 Å². The number of aryl methyl sites for hydroxylation is 3. The maximum absolute atomic E-state index is 12.3. The highest BCUT2D eigenvalue weighted by Gasteiger charge is 2.17. The van der Waals surface area contributed by atoms with Crippen LogP contribution in [-0.4, -0.2) is 33.9 Å². The number of hydrogen-bond donors (Lipinski definition) is 1. The Balaban J connectivity index is 1.70. The molecule has 1 N–H and O–H groups in total. The molecule has 3 heterocycles. The molecule has 6 nitrogen and oxygen atoms in total. The lowest BCUT2D eigenvalue weighted by Gasteiger charge is -2.16. The molecule has 0 saturated carbocycles. The molecule has 23 heavy (non-hydrogen) atoms. The van der Waals surface area contributed by atoms with Gasteiger partial charge in [0.2, 0.25) is 5.95 Å². The molecule has 1 aliphatic heterocycles. The summed E-state index contributed by atoms with van der Waals surface area (Å²) in [6.07, 6.45) is 2.38. The monoisotopic (exact) mass is 331 g/mol. The maximum Gasteiger partial charge on any atom is 0.263 e. The molecule has 2 aromatic heterocycles. The SMILES string of the molecule is Cc1cc(CNC(=O)c2sc(C)nc2C)nc(N2CCCC2)n1. The van der Waals surface area contributed by atoms with Crippen molar-refractivity contribution in [2.45, 2.75) is 40.2 Å². The van der Waals surface area contributed by atoms with Crippen molar-refractivity contribution in [2.24, 2.45) is 0 Å². The van der Waals surface area contributed by atoms with Gasteiger partial charge >= 0.3 is 0 Å². The second kappa shape index (κ2) is 6.62. The number of amides is 1. The molecule has 0 spiro atoms. The van der Waals surface area contributed by atoms with Crippen LogP contribution in [0.4, 0.5) is 5.95 Å². The average molecular weight is 331 g/mol. The molecule has 0 bridgehead atoms. The summed E-state index contributed by atoms with van der Waals surface area (Å²) in [6, 6.07) is 1.92. The highest BCUT2D eigenvalue weighted by atomic mass is 32.1. The number of thiazole rings is 1.